The first-order valence-electron chi connectivity index (χ1n) is 26.2. The van der Waals surface area contributed by atoms with Crippen LogP contribution in [-0.2, 0) is 30.1 Å². The topological polar surface area (TPSA) is 158 Å². The highest BCUT2D eigenvalue weighted by molar-refractivity contribution is 14.1. The maximum absolute atomic E-state index is 15.5. The fourth-order valence-corrected chi connectivity index (χ4v) is 14.1. The predicted molar refractivity (Wildman–Crippen MR) is 335 cm³/mol. The Bertz CT molecular complexity index is 3410. The number of benzene rings is 4. The maximum Gasteiger partial charge on any atom is 0.418 e. The lowest BCUT2D eigenvalue weighted by molar-refractivity contribution is -0.130. The molecule has 2 aliphatic heterocycles. The van der Waals surface area contributed by atoms with Crippen molar-refractivity contribution in [3.8, 4) is 6.07 Å². The van der Waals surface area contributed by atoms with E-state index >= 15 is 4.39 Å². The van der Waals surface area contributed by atoms with Crippen LogP contribution >= 0.6 is 46.1 Å². The summed E-state index contributed by atoms with van der Waals surface area (Å²) in [5, 5.41) is 8.76. The van der Waals surface area contributed by atoms with Crippen LogP contribution < -0.4 is 5.73 Å². The molecule has 0 aromatic heterocycles. The van der Waals surface area contributed by atoms with Crippen molar-refractivity contribution in [3.05, 3.63) is 150 Å². The summed E-state index contributed by atoms with van der Waals surface area (Å²) in [7, 11) is 5.28. The van der Waals surface area contributed by atoms with Gasteiger partial charge in [-0.25, -0.2) is 40.9 Å². The highest BCUT2D eigenvalue weighted by Gasteiger charge is 2.72. The molecule has 0 bridgehead atoms. The molecule has 2 fully saturated rings. The van der Waals surface area contributed by atoms with E-state index in [1.165, 1.54) is 99.8 Å². The average Bonchev–Trinajstić information content (AvgIpc) is 1.55. The number of ether oxygens (including phenoxy) is 2. The fraction of sp³-hybridized carbons (Fsp3) is 0.426. The van der Waals surface area contributed by atoms with Crippen LogP contribution in [0.4, 0.5) is 36.8 Å². The molecule has 23 heteroatoms. The van der Waals surface area contributed by atoms with Crippen molar-refractivity contribution in [2.75, 3.05) is 41.5 Å². The zero-order valence-electron chi connectivity index (χ0n) is 48.5. The van der Waals surface area contributed by atoms with E-state index in [-0.39, 0.29) is 76.3 Å². The molecule has 0 radical (unpaired) electrons. The van der Waals surface area contributed by atoms with E-state index in [1.807, 2.05) is 28.7 Å². The third-order valence-electron chi connectivity index (χ3n) is 14.1. The highest BCUT2D eigenvalue weighted by atomic mass is 127. The molecular formula is C61H71F6IN8O5S2Si. The largest absolute Gasteiger partial charge is 0.443 e. The summed E-state index contributed by atoms with van der Waals surface area (Å²) in [6, 6.07) is 19.0. The molecule has 0 unspecified atom stereocenters. The summed E-state index contributed by atoms with van der Waals surface area (Å²) >= 11 is 4.28. The lowest BCUT2D eigenvalue weighted by atomic mass is 9.84. The van der Waals surface area contributed by atoms with Crippen molar-refractivity contribution < 1.29 is 50.2 Å². The van der Waals surface area contributed by atoms with E-state index in [9.17, 15) is 36.3 Å². The molecule has 84 heavy (non-hydrogen) atoms. The van der Waals surface area contributed by atoms with E-state index in [0.717, 1.165) is 18.2 Å². The van der Waals surface area contributed by atoms with Gasteiger partial charge in [0.1, 0.15) is 50.9 Å². The monoisotopic (exact) mass is 1330 g/mol. The Balaban J connectivity index is 0.000000263. The predicted octanol–water partition coefficient (Wildman–Crippen LogP) is 14.9. The van der Waals surface area contributed by atoms with Crippen molar-refractivity contribution >= 4 is 106 Å². The number of hydrogen-bond donors (Lipinski definition) is 1. The van der Waals surface area contributed by atoms with E-state index in [2.05, 4.69) is 29.5 Å². The van der Waals surface area contributed by atoms with Crippen molar-refractivity contribution in [1.82, 2.24) is 14.7 Å². The van der Waals surface area contributed by atoms with E-state index in [4.69, 9.17) is 32.0 Å². The van der Waals surface area contributed by atoms with Crippen LogP contribution in [0.1, 0.15) is 95.2 Å². The Labute approximate surface area is 512 Å². The number of aliphatic imine (C=N–C) groups is 2. The molecule has 3 amide bonds. The molecule has 450 valence electrons. The smallest absolute Gasteiger partial charge is 0.418 e. The summed E-state index contributed by atoms with van der Waals surface area (Å²) < 4.78 is 96.3. The van der Waals surface area contributed by atoms with Gasteiger partial charge >= 0.3 is 6.09 Å². The minimum atomic E-state index is -1.39. The zero-order chi connectivity index (χ0) is 61.9. The first-order chi connectivity index (χ1) is 38.5. The quantitative estimate of drug-likeness (QED) is 0.0277. The van der Waals surface area contributed by atoms with Gasteiger partial charge in [-0.15, -0.1) is 0 Å². The molecular weight excluding hydrogens is 1260 g/mol. The summed E-state index contributed by atoms with van der Waals surface area (Å²) in [5.74, 6) is -4.41. The number of nitriles is 1. The molecule has 2 aliphatic carbocycles. The normalized spacial score (nSPS) is 23.1. The third kappa shape index (κ3) is 15.6. The number of hydrogen-bond acceptors (Lipinski definition) is 11. The van der Waals surface area contributed by atoms with Gasteiger partial charge in [-0.05, 0) is 155 Å². The number of carbonyl (C=O) groups is 3. The number of amidine groups is 2. The molecule has 0 saturated heterocycles. The molecule has 13 nitrogen and oxygen atoms in total. The number of nitrogens with zero attached hydrogens (tertiary/aromatic N) is 7. The Kier molecular flexibility index (Phi) is 21.8. The molecule has 4 aromatic carbocycles. The zero-order valence-corrected chi connectivity index (χ0v) is 53.3. The molecule has 4 aromatic rings. The van der Waals surface area contributed by atoms with Gasteiger partial charge < -0.3 is 25.0 Å². The molecule has 4 aliphatic rings. The molecule has 0 spiro atoms. The summed E-state index contributed by atoms with van der Waals surface area (Å²) in [6.07, 6.45) is 2.68. The van der Waals surface area contributed by atoms with Gasteiger partial charge in [-0.1, -0.05) is 74.9 Å². The van der Waals surface area contributed by atoms with Crippen LogP contribution in [0.25, 0.3) is 22.8 Å². The van der Waals surface area contributed by atoms with Crippen molar-refractivity contribution in [2.24, 2.45) is 27.6 Å². The van der Waals surface area contributed by atoms with Gasteiger partial charge in [0.25, 0.3) is 0 Å². The van der Waals surface area contributed by atoms with Gasteiger partial charge in [0.15, 0.2) is 16.0 Å². The van der Waals surface area contributed by atoms with Gasteiger partial charge in [-0.2, -0.15) is 5.26 Å². The van der Waals surface area contributed by atoms with Crippen LogP contribution in [0.15, 0.2) is 88.6 Å². The second-order valence-electron chi connectivity index (χ2n) is 23.5. The Hall–Kier alpha value is -6.12. The van der Waals surface area contributed by atoms with Crippen LogP contribution in [0.3, 0.4) is 0 Å². The number of halogens is 7. The minimum absolute atomic E-state index is 0. The first kappa shape index (κ1) is 68.7. The van der Waals surface area contributed by atoms with Gasteiger partial charge in [0, 0.05) is 75.0 Å². The minimum Gasteiger partial charge on any atom is -0.443 e. The summed E-state index contributed by atoms with van der Waals surface area (Å²) in [6.45, 7) is 24.1. The standard InChI is InChI=1S/C29H43F2N3O4SSi.C24H21F3N4OS.C7H3FIN.CH4/c1-19(30)15-20-11-12-22(31)21(16-20)28(5)23-17-29(23,24(35)33(6)7)39-25(32-28)34(26(36)38-27(2,3)4)18-37-13-14-40(8,9)10;1-23(20-12-24(20,21(32)31(3)4)33-22(28)30-23)16-9-13(5-8-17(16)25)10-18(26)15-7-6-14(29-2)11-19(15)27;8-6-3-5(4-10)1-2-7(6)9;/h11-12,15-16,23H,13-14,17-18H2,1-10H3;5-11,20H,12H2,1,3-4H3,(H2,28,30);1-3H;1H4/b19-15-;18-10-;;/t23-,28+,29-;20-,23+,24-;;/m00../s1. The number of carbonyl (C=O) groups excluding carboxylic acids is 3. The van der Waals surface area contributed by atoms with E-state index in [1.54, 1.807) is 81.0 Å². The molecule has 2 heterocycles. The Morgan fingerprint density at radius 1 is 0.821 bits per heavy atom. The maximum atomic E-state index is 15.5. The second kappa shape index (κ2) is 26.6. The van der Waals surface area contributed by atoms with Crippen molar-refractivity contribution in [3.63, 3.8) is 0 Å². The number of thioether (sulfide) groups is 2. The number of allylic oxidation sites excluding steroid dienone is 1. The number of nitrogens with two attached hydrogens (primary N) is 1. The van der Waals surface area contributed by atoms with Gasteiger partial charge in [0.2, 0.25) is 11.8 Å². The summed E-state index contributed by atoms with van der Waals surface area (Å²) in [4.78, 5) is 56.8. The lowest BCUT2D eigenvalue weighted by Crippen LogP contribution is -2.48. The van der Waals surface area contributed by atoms with Crippen LogP contribution in [-0.4, -0.2) is 108 Å². The summed E-state index contributed by atoms with van der Waals surface area (Å²) in [5.41, 5.74) is 4.29. The highest BCUT2D eigenvalue weighted by Crippen LogP contribution is 2.68. The Morgan fingerprint density at radius 3 is 1.83 bits per heavy atom. The Morgan fingerprint density at radius 2 is 1.36 bits per heavy atom. The average molecular weight is 1330 g/mol. The van der Waals surface area contributed by atoms with E-state index in [0.29, 0.717) is 39.7 Å². The van der Waals surface area contributed by atoms with E-state index < -0.39 is 69.4 Å². The molecule has 2 N–H and O–H groups in total. The molecule has 8 rings (SSSR count). The SMILES string of the molecule is C.C/C(F)=C/c1ccc(F)c([C@@]2(C)N=C(N(COCC[Si](C)(C)C)C(=O)OC(C)(C)C)S[C@@]3(C(=O)N(C)C)C[C@H]32)c1.N#Cc1ccc(I)c(F)c1.[C-]#[N+]c1ccc(/C(F)=C/c2ccc(F)c([C@@]3(C)N=C(N)S[C@@]4(C(=O)N(C)C)C[C@H]43)c2)c(F)c1. The second-order valence-corrected chi connectivity index (χ2v) is 32.9. The van der Waals surface area contributed by atoms with Crippen molar-refractivity contribution in [1.29, 1.82) is 5.26 Å². The number of rotatable bonds is 12. The van der Waals surface area contributed by atoms with Crippen molar-refractivity contribution in [2.45, 2.75) is 114 Å². The number of fused-ring (bicyclic) bond motifs is 2. The lowest BCUT2D eigenvalue weighted by Gasteiger charge is -2.38. The van der Waals surface area contributed by atoms with Crippen LogP contribution in [0, 0.1) is 56.6 Å². The van der Waals surface area contributed by atoms with Crippen LogP contribution in [0.5, 0.6) is 0 Å². The third-order valence-corrected chi connectivity index (χ3v) is 19.5. The van der Waals surface area contributed by atoms with Gasteiger partial charge in [0.05, 0.1) is 35.1 Å². The molecule has 2 saturated carbocycles. The number of amides is 3. The van der Waals surface area contributed by atoms with Crippen LogP contribution in [0.2, 0.25) is 25.7 Å². The first-order valence-corrected chi connectivity index (χ1v) is 32.6. The van der Waals surface area contributed by atoms with Gasteiger partial charge in [-0.3, -0.25) is 19.6 Å². The fourth-order valence-electron chi connectivity index (χ4n) is 9.79. The molecule has 6 atom stereocenters.